The first-order valence-corrected chi connectivity index (χ1v) is 12.6. The fourth-order valence-corrected chi connectivity index (χ4v) is 4.68. The van der Waals surface area contributed by atoms with Gasteiger partial charge in [0.25, 0.3) is 0 Å². The number of nitrogens with zero attached hydrogens (tertiary/aromatic N) is 3. The van der Waals surface area contributed by atoms with Gasteiger partial charge in [-0.2, -0.15) is 0 Å². The predicted octanol–water partition coefficient (Wildman–Crippen LogP) is 3.02. The van der Waals surface area contributed by atoms with E-state index in [1.807, 2.05) is 56.9 Å². The van der Waals surface area contributed by atoms with E-state index in [0.717, 1.165) is 24.1 Å². The van der Waals surface area contributed by atoms with Gasteiger partial charge in [-0.1, -0.05) is 24.3 Å². The lowest BCUT2D eigenvalue weighted by Crippen LogP contribution is -2.51. The van der Waals surface area contributed by atoms with Gasteiger partial charge in [-0.15, -0.1) is 0 Å². The monoisotopic (exact) mass is 485 g/mol. The number of carbonyl (C=O) groups is 3. The Labute approximate surface area is 208 Å². The van der Waals surface area contributed by atoms with Crippen LogP contribution in [0.1, 0.15) is 51.3 Å². The molecule has 1 aromatic carbocycles. The lowest BCUT2D eigenvalue weighted by atomic mass is 9.91. The molecule has 9 heteroatoms. The van der Waals surface area contributed by atoms with Gasteiger partial charge in [0.15, 0.2) is 0 Å². The largest absolute Gasteiger partial charge is 0.463 e. The molecule has 0 aromatic heterocycles. The van der Waals surface area contributed by atoms with Crippen molar-refractivity contribution in [1.29, 1.82) is 0 Å². The molecule has 3 rings (SSSR count). The summed E-state index contributed by atoms with van der Waals surface area (Å²) in [6, 6.07) is 6.98. The van der Waals surface area contributed by atoms with Crippen LogP contribution < -0.4 is 10.6 Å². The second kappa shape index (κ2) is 12.1. The minimum absolute atomic E-state index is 0.0554. The summed E-state index contributed by atoms with van der Waals surface area (Å²) in [4.78, 5) is 44.6. The van der Waals surface area contributed by atoms with Crippen molar-refractivity contribution in [2.24, 2.45) is 0 Å². The third-order valence-electron chi connectivity index (χ3n) is 6.41. The maximum Gasteiger partial charge on any atom is 0.338 e. The minimum Gasteiger partial charge on any atom is -0.463 e. The van der Waals surface area contributed by atoms with E-state index in [2.05, 4.69) is 15.5 Å². The molecular formula is C26H39N5O4. The molecule has 2 aliphatic rings. The van der Waals surface area contributed by atoms with Crippen LogP contribution in [0, 0.1) is 6.92 Å². The van der Waals surface area contributed by atoms with Crippen LogP contribution in [0.15, 0.2) is 35.5 Å². The van der Waals surface area contributed by atoms with E-state index in [-0.39, 0.29) is 24.7 Å². The van der Waals surface area contributed by atoms with Gasteiger partial charge < -0.3 is 20.3 Å². The first-order valence-electron chi connectivity index (χ1n) is 12.6. The number of carbonyl (C=O) groups excluding carboxylic acids is 3. The maximum absolute atomic E-state index is 13.3. The molecule has 192 valence electrons. The molecule has 2 heterocycles. The van der Waals surface area contributed by atoms with Gasteiger partial charge in [-0.3, -0.25) is 9.80 Å². The summed E-state index contributed by atoms with van der Waals surface area (Å²) in [6.07, 6.45) is 0.813. The number of benzene rings is 1. The summed E-state index contributed by atoms with van der Waals surface area (Å²) in [5.41, 5.74) is 3.01. The number of aryl methyl sites for hydroxylation is 1. The van der Waals surface area contributed by atoms with Crippen molar-refractivity contribution in [3.8, 4) is 0 Å². The summed E-state index contributed by atoms with van der Waals surface area (Å²) >= 11 is 0. The highest BCUT2D eigenvalue weighted by molar-refractivity contribution is 5.95. The molecule has 0 aliphatic carbocycles. The topological polar surface area (TPSA) is 94.2 Å². The first kappa shape index (κ1) is 26.5. The van der Waals surface area contributed by atoms with Gasteiger partial charge >= 0.3 is 18.0 Å². The molecule has 0 radical (unpaired) electrons. The van der Waals surface area contributed by atoms with Crippen LogP contribution in [-0.2, 0) is 9.53 Å². The number of urea groups is 2. The second-order valence-electron chi connectivity index (χ2n) is 9.29. The smallest absolute Gasteiger partial charge is 0.338 e. The zero-order chi connectivity index (χ0) is 25.5. The van der Waals surface area contributed by atoms with Crippen molar-refractivity contribution in [1.82, 2.24) is 25.3 Å². The maximum atomic E-state index is 13.3. The Morgan fingerprint density at radius 1 is 1.14 bits per heavy atom. The molecule has 2 aliphatic heterocycles. The zero-order valence-corrected chi connectivity index (χ0v) is 21.6. The molecule has 9 nitrogen and oxygen atoms in total. The molecule has 1 fully saturated rings. The van der Waals surface area contributed by atoms with E-state index in [1.54, 1.807) is 11.8 Å². The number of amides is 4. The highest BCUT2D eigenvalue weighted by Crippen LogP contribution is 2.33. The van der Waals surface area contributed by atoms with Gasteiger partial charge in [0.05, 0.1) is 18.2 Å². The SMILES string of the molecule is CCOC(=O)C1=C(CN2CCCN(C(=O)NC(C)C)CC2)N(CC)C(=O)NC1c1ccccc1C. The Morgan fingerprint density at radius 3 is 2.54 bits per heavy atom. The van der Waals surface area contributed by atoms with Crippen molar-refractivity contribution < 1.29 is 19.1 Å². The summed E-state index contributed by atoms with van der Waals surface area (Å²) in [5, 5.41) is 5.99. The van der Waals surface area contributed by atoms with Crippen molar-refractivity contribution in [3.05, 3.63) is 46.7 Å². The Balaban J connectivity index is 1.94. The summed E-state index contributed by atoms with van der Waals surface area (Å²) in [5.74, 6) is -0.415. The standard InChI is InChI=1S/C26H39N5O4/c1-6-31-21(17-29-13-10-14-30(16-15-29)25(33)27-18(3)4)22(24(32)35-7-2)23(28-26(31)34)20-12-9-8-11-19(20)5/h8-9,11-12,18,23H,6-7,10,13-17H2,1-5H3,(H,27,33)(H,28,34). The quantitative estimate of drug-likeness (QED) is 0.579. The number of likely N-dealkylation sites (N-methyl/N-ethyl adjacent to an activating group) is 1. The highest BCUT2D eigenvalue weighted by atomic mass is 16.5. The van der Waals surface area contributed by atoms with Crippen molar-refractivity contribution in [3.63, 3.8) is 0 Å². The van der Waals surface area contributed by atoms with E-state index in [1.165, 1.54) is 0 Å². The molecule has 1 unspecified atom stereocenters. The van der Waals surface area contributed by atoms with Crippen LogP contribution in [0.25, 0.3) is 0 Å². The molecule has 0 bridgehead atoms. The van der Waals surface area contributed by atoms with E-state index >= 15 is 0 Å². The van der Waals surface area contributed by atoms with Crippen LogP contribution >= 0.6 is 0 Å². The number of hydrogen-bond acceptors (Lipinski definition) is 5. The molecular weight excluding hydrogens is 446 g/mol. The number of nitrogens with one attached hydrogen (secondary N) is 2. The molecule has 1 atom stereocenters. The van der Waals surface area contributed by atoms with Crippen LogP contribution in [0.5, 0.6) is 0 Å². The van der Waals surface area contributed by atoms with E-state index in [9.17, 15) is 14.4 Å². The number of esters is 1. The van der Waals surface area contributed by atoms with Gasteiger partial charge in [0.1, 0.15) is 0 Å². The van der Waals surface area contributed by atoms with Crippen LogP contribution in [0.2, 0.25) is 0 Å². The van der Waals surface area contributed by atoms with E-state index in [4.69, 9.17) is 4.74 Å². The summed E-state index contributed by atoms with van der Waals surface area (Å²) in [7, 11) is 0. The summed E-state index contributed by atoms with van der Waals surface area (Å²) < 4.78 is 5.48. The van der Waals surface area contributed by atoms with Gasteiger partial charge in [-0.25, -0.2) is 14.4 Å². The molecule has 0 spiro atoms. The van der Waals surface area contributed by atoms with Crippen molar-refractivity contribution in [2.75, 3.05) is 45.9 Å². The molecule has 4 amide bonds. The average molecular weight is 486 g/mol. The van der Waals surface area contributed by atoms with Crippen LogP contribution in [0.4, 0.5) is 9.59 Å². The fourth-order valence-electron chi connectivity index (χ4n) is 4.68. The van der Waals surface area contributed by atoms with Crippen LogP contribution in [-0.4, -0.2) is 84.6 Å². The molecule has 2 N–H and O–H groups in total. The van der Waals surface area contributed by atoms with Crippen molar-refractivity contribution >= 4 is 18.0 Å². The van der Waals surface area contributed by atoms with Gasteiger partial charge in [0, 0.05) is 51.0 Å². The Morgan fingerprint density at radius 2 is 1.89 bits per heavy atom. The third kappa shape index (κ3) is 6.33. The predicted molar refractivity (Wildman–Crippen MR) is 135 cm³/mol. The Bertz CT molecular complexity index is 961. The Kier molecular flexibility index (Phi) is 9.14. The normalized spacial score (nSPS) is 19.5. The van der Waals surface area contributed by atoms with E-state index in [0.29, 0.717) is 44.0 Å². The second-order valence-corrected chi connectivity index (χ2v) is 9.29. The number of hydrogen-bond donors (Lipinski definition) is 2. The van der Waals surface area contributed by atoms with E-state index < -0.39 is 12.0 Å². The first-order chi connectivity index (χ1) is 16.8. The molecule has 35 heavy (non-hydrogen) atoms. The molecule has 1 saturated heterocycles. The zero-order valence-electron chi connectivity index (χ0n) is 21.6. The fraction of sp³-hybridized carbons (Fsp3) is 0.577. The Hall–Kier alpha value is -3.07. The van der Waals surface area contributed by atoms with Gasteiger partial charge in [0.2, 0.25) is 0 Å². The molecule has 1 aromatic rings. The third-order valence-corrected chi connectivity index (χ3v) is 6.41. The molecule has 0 saturated carbocycles. The lowest BCUT2D eigenvalue weighted by molar-refractivity contribution is -0.139. The lowest BCUT2D eigenvalue weighted by Gasteiger charge is -2.38. The highest BCUT2D eigenvalue weighted by Gasteiger charge is 2.38. The number of rotatable bonds is 7. The van der Waals surface area contributed by atoms with Crippen LogP contribution in [0.3, 0.4) is 0 Å². The van der Waals surface area contributed by atoms with Crippen molar-refractivity contribution in [2.45, 2.75) is 53.1 Å². The minimum atomic E-state index is -0.583. The number of ether oxygens (including phenoxy) is 1. The summed E-state index contributed by atoms with van der Waals surface area (Å²) in [6.45, 7) is 13.3. The average Bonchev–Trinajstić information content (AvgIpc) is 3.04. The van der Waals surface area contributed by atoms with Gasteiger partial charge in [-0.05, 0) is 52.2 Å².